The third-order valence-electron chi connectivity index (χ3n) is 4.35. The van der Waals surface area contributed by atoms with Crippen molar-refractivity contribution >= 4 is 6.09 Å². The molecule has 0 aliphatic heterocycles. The Morgan fingerprint density at radius 3 is 2.45 bits per heavy atom. The van der Waals surface area contributed by atoms with Gasteiger partial charge in [0.2, 0.25) is 0 Å². The summed E-state index contributed by atoms with van der Waals surface area (Å²) in [5.74, 6) is 1.39. The summed E-state index contributed by atoms with van der Waals surface area (Å²) < 4.78 is 5.36. The Labute approximate surface area is 123 Å². The van der Waals surface area contributed by atoms with Crippen LogP contribution in [0.1, 0.15) is 59.8 Å². The van der Waals surface area contributed by atoms with Gasteiger partial charge in [-0.3, -0.25) is 0 Å². The molecule has 2 fully saturated rings. The molecule has 2 aliphatic carbocycles. The maximum atomic E-state index is 11.9. The lowest BCUT2D eigenvalue weighted by molar-refractivity contribution is 0.0496. The van der Waals surface area contributed by atoms with Gasteiger partial charge in [0.25, 0.3) is 0 Å². The topological polar surface area (TPSA) is 50.4 Å². The van der Waals surface area contributed by atoms with Gasteiger partial charge < -0.3 is 15.4 Å². The molecule has 0 spiro atoms. The maximum absolute atomic E-state index is 11.9. The third kappa shape index (κ3) is 4.97. The lowest BCUT2D eigenvalue weighted by atomic mass is 10.1. The maximum Gasteiger partial charge on any atom is 0.407 e. The Balaban J connectivity index is 1.77. The van der Waals surface area contributed by atoms with Crippen LogP contribution in [0.3, 0.4) is 0 Å². The number of nitrogens with one attached hydrogen (secondary N) is 2. The van der Waals surface area contributed by atoms with Gasteiger partial charge in [-0.15, -0.1) is 0 Å². The van der Waals surface area contributed by atoms with E-state index < -0.39 is 5.60 Å². The first-order chi connectivity index (χ1) is 9.35. The fourth-order valence-corrected chi connectivity index (χ4v) is 3.02. The normalized spacial score (nSPS) is 28.2. The van der Waals surface area contributed by atoms with Gasteiger partial charge in [-0.25, -0.2) is 4.79 Å². The highest BCUT2D eigenvalue weighted by Gasteiger charge is 2.34. The first-order valence-electron chi connectivity index (χ1n) is 8.08. The van der Waals surface area contributed by atoms with Crippen molar-refractivity contribution in [2.45, 2.75) is 77.5 Å². The molecule has 20 heavy (non-hydrogen) atoms. The molecule has 2 N–H and O–H groups in total. The van der Waals surface area contributed by atoms with Crippen LogP contribution in [-0.4, -0.2) is 30.3 Å². The van der Waals surface area contributed by atoms with Crippen molar-refractivity contribution in [3.8, 4) is 0 Å². The van der Waals surface area contributed by atoms with Crippen LogP contribution in [0.2, 0.25) is 0 Å². The van der Waals surface area contributed by atoms with Crippen LogP contribution in [0.25, 0.3) is 0 Å². The summed E-state index contributed by atoms with van der Waals surface area (Å²) in [6.07, 6.45) is 6.09. The molecule has 116 valence electrons. The number of rotatable bonds is 5. The van der Waals surface area contributed by atoms with Crippen molar-refractivity contribution < 1.29 is 9.53 Å². The molecule has 0 saturated heterocycles. The Kier molecular flexibility index (Phi) is 4.95. The number of carbonyl (C=O) groups is 1. The van der Waals surface area contributed by atoms with E-state index in [1.165, 1.54) is 32.1 Å². The highest BCUT2D eigenvalue weighted by Crippen LogP contribution is 2.33. The molecule has 4 nitrogen and oxygen atoms in total. The largest absolute Gasteiger partial charge is 0.444 e. The van der Waals surface area contributed by atoms with Crippen molar-refractivity contribution in [1.29, 1.82) is 0 Å². The molecule has 0 aromatic rings. The van der Waals surface area contributed by atoms with E-state index in [9.17, 15) is 4.79 Å². The van der Waals surface area contributed by atoms with Crippen LogP contribution in [0, 0.1) is 11.8 Å². The Bertz CT molecular complexity index is 334. The summed E-state index contributed by atoms with van der Waals surface area (Å²) in [6.45, 7) is 8.89. The molecular formula is C16H30N2O2. The molecule has 2 saturated carbocycles. The highest BCUT2D eigenvalue weighted by molar-refractivity contribution is 5.68. The Hall–Kier alpha value is -0.770. The van der Waals surface area contributed by atoms with Gasteiger partial charge in [0.05, 0.1) is 0 Å². The molecule has 0 heterocycles. The predicted octanol–water partition coefficient (Wildman–Crippen LogP) is 3.07. The second kappa shape index (κ2) is 6.33. The Morgan fingerprint density at radius 1 is 1.25 bits per heavy atom. The number of hydrogen-bond acceptors (Lipinski definition) is 3. The van der Waals surface area contributed by atoms with E-state index in [1.54, 1.807) is 0 Å². The van der Waals surface area contributed by atoms with Crippen LogP contribution < -0.4 is 10.6 Å². The summed E-state index contributed by atoms with van der Waals surface area (Å²) in [5, 5.41) is 6.70. The molecule has 0 aromatic heterocycles. The van der Waals surface area contributed by atoms with Crippen molar-refractivity contribution in [1.82, 2.24) is 10.6 Å². The zero-order valence-electron chi connectivity index (χ0n) is 13.4. The molecular weight excluding hydrogens is 252 g/mol. The van der Waals surface area contributed by atoms with E-state index in [4.69, 9.17) is 4.74 Å². The number of alkyl carbamates (subject to hydrolysis) is 1. The molecule has 2 rings (SSSR count). The van der Waals surface area contributed by atoms with Crippen molar-refractivity contribution in [2.75, 3.05) is 6.54 Å². The third-order valence-corrected chi connectivity index (χ3v) is 4.35. The summed E-state index contributed by atoms with van der Waals surface area (Å²) in [7, 11) is 0. The average Bonchev–Trinajstić information content (AvgIpc) is 3.06. The highest BCUT2D eigenvalue weighted by atomic mass is 16.6. The molecule has 4 heteroatoms. The van der Waals surface area contributed by atoms with E-state index in [1.807, 2.05) is 20.8 Å². The standard InChI is InChI=1S/C16H30N2O2/c1-11-6-5-7-13(11)17-10-14(12-8-9-12)18-15(19)20-16(2,3)4/h11-14,17H,5-10H2,1-4H3,(H,18,19). The van der Waals surface area contributed by atoms with Gasteiger partial charge in [-0.1, -0.05) is 13.3 Å². The number of hydrogen-bond donors (Lipinski definition) is 2. The second-order valence-electron chi connectivity index (χ2n) is 7.51. The first kappa shape index (κ1) is 15.6. The average molecular weight is 282 g/mol. The zero-order valence-corrected chi connectivity index (χ0v) is 13.4. The van der Waals surface area contributed by atoms with Crippen LogP contribution in [0.4, 0.5) is 4.79 Å². The minimum atomic E-state index is -0.425. The van der Waals surface area contributed by atoms with Gasteiger partial charge in [0, 0.05) is 18.6 Å². The van der Waals surface area contributed by atoms with Crippen molar-refractivity contribution in [3.63, 3.8) is 0 Å². The summed E-state index contributed by atoms with van der Waals surface area (Å²) in [4.78, 5) is 11.9. The van der Waals surface area contributed by atoms with E-state index in [2.05, 4.69) is 17.6 Å². The van der Waals surface area contributed by atoms with Crippen LogP contribution >= 0.6 is 0 Å². The number of carbonyl (C=O) groups excluding carboxylic acids is 1. The SMILES string of the molecule is CC1CCCC1NCC(NC(=O)OC(C)(C)C)C1CC1. The summed E-state index contributed by atoms with van der Waals surface area (Å²) in [6, 6.07) is 0.842. The van der Waals surface area contributed by atoms with Gasteiger partial charge >= 0.3 is 6.09 Å². The van der Waals surface area contributed by atoms with E-state index >= 15 is 0 Å². The second-order valence-corrected chi connectivity index (χ2v) is 7.51. The van der Waals surface area contributed by atoms with E-state index in [0.717, 1.165) is 12.5 Å². The number of amides is 1. The van der Waals surface area contributed by atoms with E-state index in [-0.39, 0.29) is 12.1 Å². The molecule has 3 atom stereocenters. The molecule has 0 radical (unpaired) electrons. The van der Waals surface area contributed by atoms with Crippen molar-refractivity contribution in [2.24, 2.45) is 11.8 Å². The summed E-state index contributed by atoms with van der Waals surface area (Å²) >= 11 is 0. The van der Waals surface area contributed by atoms with Gasteiger partial charge in [-0.05, 0) is 58.3 Å². The zero-order chi connectivity index (χ0) is 14.8. The smallest absolute Gasteiger partial charge is 0.407 e. The first-order valence-corrected chi connectivity index (χ1v) is 8.08. The van der Waals surface area contributed by atoms with E-state index in [0.29, 0.717) is 12.0 Å². The summed E-state index contributed by atoms with van der Waals surface area (Å²) in [5.41, 5.74) is -0.425. The minimum Gasteiger partial charge on any atom is -0.444 e. The lowest BCUT2D eigenvalue weighted by Crippen LogP contribution is -2.48. The van der Waals surface area contributed by atoms with Crippen LogP contribution in [0.5, 0.6) is 0 Å². The minimum absolute atomic E-state index is 0.220. The van der Waals surface area contributed by atoms with Gasteiger partial charge in [-0.2, -0.15) is 0 Å². The monoisotopic (exact) mass is 282 g/mol. The van der Waals surface area contributed by atoms with Crippen LogP contribution in [-0.2, 0) is 4.74 Å². The van der Waals surface area contributed by atoms with Gasteiger partial charge in [0.1, 0.15) is 5.60 Å². The fourth-order valence-electron chi connectivity index (χ4n) is 3.02. The van der Waals surface area contributed by atoms with Crippen LogP contribution in [0.15, 0.2) is 0 Å². The molecule has 1 amide bonds. The molecule has 0 aromatic carbocycles. The van der Waals surface area contributed by atoms with Crippen molar-refractivity contribution in [3.05, 3.63) is 0 Å². The lowest BCUT2D eigenvalue weighted by Gasteiger charge is -2.26. The quantitative estimate of drug-likeness (QED) is 0.815. The molecule has 3 unspecified atom stereocenters. The predicted molar refractivity (Wildman–Crippen MR) is 80.7 cm³/mol. The molecule has 2 aliphatic rings. The number of ether oxygens (including phenoxy) is 1. The Morgan fingerprint density at radius 2 is 1.95 bits per heavy atom. The molecule has 0 bridgehead atoms. The fraction of sp³-hybridized carbons (Fsp3) is 0.938. The van der Waals surface area contributed by atoms with Gasteiger partial charge in [0.15, 0.2) is 0 Å².